The van der Waals surface area contributed by atoms with Gasteiger partial charge in [0, 0.05) is 30.3 Å². The van der Waals surface area contributed by atoms with E-state index < -0.39 is 18.2 Å². The van der Waals surface area contributed by atoms with Crippen LogP contribution in [-0.4, -0.2) is 48.4 Å². The molecule has 3 rings (SSSR count). The van der Waals surface area contributed by atoms with Crippen molar-refractivity contribution in [1.82, 2.24) is 4.90 Å². The number of carbonyl (C=O) groups excluding carboxylic acids is 1. The lowest BCUT2D eigenvalue weighted by Crippen LogP contribution is -2.42. The van der Waals surface area contributed by atoms with E-state index in [4.69, 9.17) is 9.47 Å². The number of likely N-dealkylation sites (N-methyl/N-ethyl adjacent to an activating group) is 1. The number of aliphatic hydroxyl groups is 1. The number of methoxy groups -OCH3 is 1. The Bertz CT molecular complexity index is 930. The maximum Gasteiger partial charge on any atom is 0.309 e. The van der Waals surface area contributed by atoms with Crippen LogP contribution in [0.25, 0.3) is 5.57 Å². The van der Waals surface area contributed by atoms with Crippen LogP contribution in [0.3, 0.4) is 0 Å². The fraction of sp³-hybridized carbons (Fsp3) is 0.500. The van der Waals surface area contributed by atoms with Crippen LogP contribution in [0.4, 0.5) is 4.39 Å². The van der Waals surface area contributed by atoms with Gasteiger partial charge in [-0.2, -0.15) is 0 Å². The molecule has 0 aliphatic carbocycles. The summed E-state index contributed by atoms with van der Waals surface area (Å²) < 4.78 is 25.1. The van der Waals surface area contributed by atoms with Crippen molar-refractivity contribution in [3.8, 4) is 0 Å². The van der Waals surface area contributed by atoms with E-state index in [1.807, 2.05) is 12.2 Å². The van der Waals surface area contributed by atoms with Crippen molar-refractivity contribution in [2.24, 2.45) is 11.8 Å². The molecule has 2 heterocycles. The zero-order chi connectivity index (χ0) is 23.6. The van der Waals surface area contributed by atoms with Gasteiger partial charge >= 0.3 is 5.97 Å². The van der Waals surface area contributed by atoms with Crippen molar-refractivity contribution in [3.63, 3.8) is 0 Å². The van der Waals surface area contributed by atoms with Crippen molar-refractivity contribution < 1.29 is 23.8 Å². The van der Waals surface area contributed by atoms with E-state index in [-0.39, 0.29) is 30.1 Å². The highest BCUT2D eigenvalue weighted by molar-refractivity contribution is 5.86. The second kappa shape index (κ2) is 9.90. The van der Waals surface area contributed by atoms with Gasteiger partial charge in [-0.15, -0.1) is 0 Å². The number of benzene rings is 1. The fourth-order valence-corrected chi connectivity index (χ4v) is 4.83. The molecule has 174 valence electrons. The van der Waals surface area contributed by atoms with E-state index in [0.29, 0.717) is 6.42 Å². The van der Waals surface area contributed by atoms with Crippen LogP contribution in [0, 0.1) is 17.7 Å². The van der Waals surface area contributed by atoms with Crippen molar-refractivity contribution in [1.29, 1.82) is 0 Å². The monoisotopic (exact) mass is 443 g/mol. The summed E-state index contributed by atoms with van der Waals surface area (Å²) in [6.07, 6.45) is 2.97. The number of esters is 1. The van der Waals surface area contributed by atoms with E-state index in [2.05, 4.69) is 39.6 Å². The summed E-state index contributed by atoms with van der Waals surface area (Å²) in [5.74, 6) is 0.603. The van der Waals surface area contributed by atoms with E-state index in [0.717, 1.165) is 28.2 Å². The van der Waals surface area contributed by atoms with Crippen molar-refractivity contribution in [2.45, 2.75) is 58.8 Å². The Morgan fingerprint density at radius 1 is 1.22 bits per heavy atom. The van der Waals surface area contributed by atoms with Crippen LogP contribution < -0.4 is 0 Å². The van der Waals surface area contributed by atoms with Crippen LogP contribution in [0.5, 0.6) is 0 Å². The van der Waals surface area contributed by atoms with Crippen molar-refractivity contribution in [3.05, 3.63) is 64.8 Å². The number of carbonyl (C=O) groups is 1. The van der Waals surface area contributed by atoms with Gasteiger partial charge in [0.25, 0.3) is 0 Å². The second-order valence-electron chi connectivity index (χ2n) is 9.18. The maximum atomic E-state index is 13.7. The quantitative estimate of drug-likeness (QED) is 0.647. The zero-order valence-electron chi connectivity index (χ0n) is 19.8. The molecule has 0 amide bonds. The molecular formula is C26H34FNO4. The van der Waals surface area contributed by atoms with E-state index in [1.165, 1.54) is 12.1 Å². The molecule has 1 saturated heterocycles. The standard InChI is InChI=1S/C26H34FNO4/c1-15(2)24-21(12-11-20-13-19(29)14-22(30)32-20)23(17-7-9-18(27)10-8-17)26(31-6)25(16(3)4)28(24)5/h7-12,15-16,19-20,25,29H,13-14H2,1-6H3/b12-11+/t19-,20-,25?/m0/s1. The topological polar surface area (TPSA) is 59.0 Å². The van der Waals surface area contributed by atoms with Crippen LogP contribution in [0.15, 0.2) is 53.4 Å². The van der Waals surface area contributed by atoms with Crippen LogP contribution in [0.1, 0.15) is 46.1 Å². The second-order valence-corrected chi connectivity index (χ2v) is 9.18. The van der Waals surface area contributed by atoms with Gasteiger partial charge in [0.15, 0.2) is 0 Å². The number of aliphatic hydroxyl groups excluding tert-OH is 1. The molecule has 2 aliphatic heterocycles. The predicted molar refractivity (Wildman–Crippen MR) is 123 cm³/mol. The molecule has 5 nitrogen and oxygen atoms in total. The van der Waals surface area contributed by atoms with Gasteiger partial charge in [0.05, 0.1) is 25.7 Å². The van der Waals surface area contributed by atoms with Crippen molar-refractivity contribution in [2.75, 3.05) is 14.2 Å². The molecule has 0 radical (unpaired) electrons. The molecule has 1 unspecified atom stereocenters. The lowest BCUT2D eigenvalue weighted by molar-refractivity contribution is -0.156. The smallest absolute Gasteiger partial charge is 0.309 e. The molecular weight excluding hydrogens is 409 g/mol. The number of allylic oxidation sites excluding steroid dienone is 4. The normalized spacial score (nSPS) is 24.8. The van der Waals surface area contributed by atoms with Crippen LogP contribution >= 0.6 is 0 Å². The minimum atomic E-state index is -0.703. The Morgan fingerprint density at radius 3 is 2.41 bits per heavy atom. The van der Waals surface area contributed by atoms with Gasteiger partial charge in [-0.1, -0.05) is 45.9 Å². The molecule has 0 saturated carbocycles. The van der Waals surface area contributed by atoms with Gasteiger partial charge in [-0.25, -0.2) is 4.39 Å². The van der Waals surface area contributed by atoms with Crippen LogP contribution in [-0.2, 0) is 14.3 Å². The summed E-state index contributed by atoms with van der Waals surface area (Å²) >= 11 is 0. The van der Waals surface area contributed by atoms with Gasteiger partial charge in [0.1, 0.15) is 17.7 Å². The third-order valence-electron chi connectivity index (χ3n) is 6.06. The first-order valence-electron chi connectivity index (χ1n) is 11.2. The molecule has 1 aromatic rings. The fourth-order valence-electron chi connectivity index (χ4n) is 4.83. The largest absolute Gasteiger partial charge is 0.498 e. The summed E-state index contributed by atoms with van der Waals surface area (Å²) in [6.45, 7) is 8.59. The number of rotatable bonds is 6. The Morgan fingerprint density at radius 2 is 1.88 bits per heavy atom. The number of hydrogen-bond donors (Lipinski definition) is 1. The SMILES string of the molecule is COC1=C(c2ccc(F)cc2)C(/C=C/[C@H]2C[C@H](O)CC(=O)O2)=C(C(C)C)N(C)C1C(C)C. The average molecular weight is 444 g/mol. The summed E-state index contributed by atoms with van der Waals surface area (Å²) in [4.78, 5) is 14.0. The van der Waals surface area contributed by atoms with Crippen LogP contribution in [0.2, 0.25) is 0 Å². The Balaban J connectivity index is 2.19. The molecule has 0 aromatic heterocycles. The summed E-state index contributed by atoms with van der Waals surface area (Å²) in [6, 6.07) is 6.46. The molecule has 2 aliphatic rings. The number of ether oxygens (including phenoxy) is 2. The summed E-state index contributed by atoms with van der Waals surface area (Å²) in [5, 5.41) is 9.98. The third-order valence-corrected chi connectivity index (χ3v) is 6.06. The van der Waals surface area contributed by atoms with E-state index in [9.17, 15) is 14.3 Å². The maximum absolute atomic E-state index is 13.7. The average Bonchev–Trinajstić information content (AvgIpc) is 2.71. The first-order valence-corrected chi connectivity index (χ1v) is 11.2. The summed E-state index contributed by atoms with van der Waals surface area (Å²) in [5.41, 5.74) is 3.84. The van der Waals surface area contributed by atoms with Gasteiger partial charge in [-0.3, -0.25) is 4.79 Å². The van der Waals surface area contributed by atoms with Gasteiger partial charge < -0.3 is 19.5 Å². The zero-order valence-corrected chi connectivity index (χ0v) is 19.8. The Kier molecular flexibility index (Phi) is 7.44. The predicted octanol–water partition coefficient (Wildman–Crippen LogP) is 4.69. The van der Waals surface area contributed by atoms with E-state index in [1.54, 1.807) is 19.2 Å². The molecule has 1 fully saturated rings. The van der Waals surface area contributed by atoms with Crippen molar-refractivity contribution >= 4 is 11.5 Å². The summed E-state index contributed by atoms with van der Waals surface area (Å²) in [7, 11) is 3.74. The molecule has 0 bridgehead atoms. The number of hydrogen-bond acceptors (Lipinski definition) is 5. The first-order chi connectivity index (χ1) is 15.1. The lowest BCUT2D eigenvalue weighted by Gasteiger charge is -2.43. The number of nitrogens with zero attached hydrogens (tertiary/aromatic N) is 1. The molecule has 3 atom stereocenters. The first kappa shape index (κ1) is 24.1. The Labute approximate surface area is 190 Å². The minimum absolute atomic E-state index is 0.0175. The molecule has 6 heteroatoms. The Hall–Kier alpha value is -2.60. The minimum Gasteiger partial charge on any atom is -0.498 e. The molecule has 1 N–H and O–H groups in total. The number of cyclic esters (lactones) is 1. The highest BCUT2D eigenvalue weighted by Crippen LogP contribution is 2.43. The highest BCUT2D eigenvalue weighted by Gasteiger charge is 2.36. The van der Waals surface area contributed by atoms with E-state index >= 15 is 0 Å². The molecule has 1 aromatic carbocycles. The molecule has 0 spiro atoms. The van der Waals surface area contributed by atoms with Gasteiger partial charge in [0.2, 0.25) is 0 Å². The highest BCUT2D eigenvalue weighted by atomic mass is 19.1. The number of halogens is 1. The van der Waals surface area contributed by atoms with Gasteiger partial charge in [-0.05, 0) is 35.6 Å². The molecule has 32 heavy (non-hydrogen) atoms. The lowest BCUT2D eigenvalue weighted by atomic mass is 9.82. The third kappa shape index (κ3) is 4.90.